The summed E-state index contributed by atoms with van der Waals surface area (Å²) < 4.78 is 4.99. The Balaban J connectivity index is 4.47. The van der Waals surface area contributed by atoms with Crippen LogP contribution in [0, 0.1) is 0 Å². The molecule has 0 saturated heterocycles. The van der Waals surface area contributed by atoms with Gasteiger partial charge < -0.3 is 19.6 Å². The fourth-order valence-electron chi connectivity index (χ4n) is 1.49. The van der Waals surface area contributed by atoms with Crippen molar-refractivity contribution in [1.29, 1.82) is 0 Å². The summed E-state index contributed by atoms with van der Waals surface area (Å²) in [5.41, 5.74) is 0. The van der Waals surface area contributed by atoms with E-state index in [1.807, 2.05) is 13.8 Å². The van der Waals surface area contributed by atoms with Crippen LogP contribution >= 0.6 is 0 Å². The van der Waals surface area contributed by atoms with Crippen molar-refractivity contribution in [3.63, 3.8) is 0 Å². The number of methoxy groups -OCH3 is 1. The summed E-state index contributed by atoms with van der Waals surface area (Å²) in [7, 11) is 3.21. The Kier molecular flexibility index (Phi) is 8.11. The third kappa shape index (κ3) is 5.86. The van der Waals surface area contributed by atoms with Gasteiger partial charge in [-0.2, -0.15) is 0 Å². The van der Waals surface area contributed by atoms with Crippen molar-refractivity contribution in [2.75, 3.05) is 33.9 Å². The Bertz CT molecular complexity index is 271. The summed E-state index contributed by atoms with van der Waals surface area (Å²) in [4.78, 5) is 25.8. The van der Waals surface area contributed by atoms with Crippen molar-refractivity contribution in [2.24, 2.45) is 0 Å². The Morgan fingerprint density at radius 2 is 1.94 bits per heavy atom. The molecule has 0 rings (SSSR count). The molecule has 1 unspecified atom stereocenters. The van der Waals surface area contributed by atoms with E-state index in [0.29, 0.717) is 13.2 Å². The number of rotatable bonds is 8. The van der Waals surface area contributed by atoms with Crippen molar-refractivity contribution in [3.8, 4) is 0 Å². The van der Waals surface area contributed by atoms with Crippen LogP contribution in [-0.2, 0) is 9.53 Å². The van der Waals surface area contributed by atoms with Gasteiger partial charge in [0.2, 0.25) is 0 Å². The largest absolute Gasteiger partial charge is 0.481 e. The van der Waals surface area contributed by atoms with Crippen molar-refractivity contribution in [2.45, 2.75) is 32.7 Å². The molecular weight excluding hydrogens is 236 g/mol. The summed E-state index contributed by atoms with van der Waals surface area (Å²) >= 11 is 0. The van der Waals surface area contributed by atoms with Gasteiger partial charge in [0.25, 0.3) is 0 Å². The first-order valence-electron chi connectivity index (χ1n) is 6.16. The van der Waals surface area contributed by atoms with Crippen molar-refractivity contribution in [1.82, 2.24) is 9.80 Å². The number of aliphatic carboxylic acids is 1. The van der Waals surface area contributed by atoms with Gasteiger partial charge in [-0.25, -0.2) is 4.79 Å². The van der Waals surface area contributed by atoms with E-state index in [-0.39, 0.29) is 25.0 Å². The van der Waals surface area contributed by atoms with Crippen LogP contribution in [0.15, 0.2) is 0 Å². The Morgan fingerprint density at radius 3 is 2.39 bits per heavy atom. The molecule has 0 aliphatic carbocycles. The quantitative estimate of drug-likeness (QED) is 0.713. The normalized spacial score (nSPS) is 12.0. The molecule has 1 N–H and O–H groups in total. The van der Waals surface area contributed by atoms with Gasteiger partial charge in [0.05, 0.1) is 13.0 Å². The molecule has 106 valence electrons. The van der Waals surface area contributed by atoms with E-state index in [1.165, 1.54) is 4.90 Å². The van der Waals surface area contributed by atoms with Crippen molar-refractivity contribution < 1.29 is 19.4 Å². The summed E-state index contributed by atoms with van der Waals surface area (Å²) in [6, 6.07) is -0.0393. The third-order valence-corrected chi connectivity index (χ3v) is 2.89. The standard InChI is InChI=1S/C12H24N2O4/c1-5-10(2)14(8-9-18-4)12(17)13(3)7-6-11(15)16/h10H,5-9H2,1-4H3,(H,15,16). The van der Waals surface area contributed by atoms with E-state index < -0.39 is 5.97 Å². The maximum absolute atomic E-state index is 12.2. The fourth-order valence-corrected chi connectivity index (χ4v) is 1.49. The van der Waals surface area contributed by atoms with Gasteiger partial charge in [0.1, 0.15) is 0 Å². The van der Waals surface area contributed by atoms with Crippen LogP contribution in [0.25, 0.3) is 0 Å². The van der Waals surface area contributed by atoms with E-state index in [1.54, 1.807) is 19.1 Å². The lowest BCUT2D eigenvalue weighted by Crippen LogP contribution is -2.47. The zero-order valence-electron chi connectivity index (χ0n) is 11.7. The fraction of sp³-hybridized carbons (Fsp3) is 0.833. The number of carboxylic acids is 1. The first-order chi connectivity index (χ1) is 8.43. The maximum atomic E-state index is 12.2. The lowest BCUT2D eigenvalue weighted by Gasteiger charge is -2.32. The highest BCUT2D eigenvalue weighted by Gasteiger charge is 2.22. The number of carbonyl (C=O) groups is 2. The average molecular weight is 260 g/mol. The predicted octanol–water partition coefficient (Wildman–Crippen LogP) is 1.26. The highest BCUT2D eigenvalue weighted by molar-refractivity contribution is 5.75. The minimum absolute atomic E-state index is 0.0408. The molecule has 18 heavy (non-hydrogen) atoms. The second-order valence-electron chi connectivity index (χ2n) is 4.29. The minimum atomic E-state index is -0.901. The number of hydrogen-bond acceptors (Lipinski definition) is 3. The molecule has 0 bridgehead atoms. The third-order valence-electron chi connectivity index (χ3n) is 2.89. The van der Waals surface area contributed by atoms with Crippen LogP contribution in [0.5, 0.6) is 0 Å². The van der Waals surface area contributed by atoms with Crippen LogP contribution < -0.4 is 0 Å². The lowest BCUT2D eigenvalue weighted by atomic mass is 10.2. The molecule has 2 amide bonds. The summed E-state index contributed by atoms with van der Waals surface area (Å²) in [5.74, 6) is -0.901. The monoisotopic (exact) mass is 260 g/mol. The first kappa shape index (κ1) is 16.7. The molecule has 6 nitrogen and oxygen atoms in total. The number of urea groups is 1. The number of ether oxygens (including phenoxy) is 1. The molecule has 0 saturated carbocycles. The molecule has 0 spiro atoms. The van der Waals surface area contributed by atoms with E-state index >= 15 is 0 Å². The average Bonchev–Trinajstić information content (AvgIpc) is 2.35. The van der Waals surface area contributed by atoms with Gasteiger partial charge in [-0.05, 0) is 13.3 Å². The van der Waals surface area contributed by atoms with E-state index in [0.717, 1.165) is 6.42 Å². The molecule has 0 aromatic heterocycles. The highest BCUT2D eigenvalue weighted by Crippen LogP contribution is 2.07. The Morgan fingerprint density at radius 1 is 1.33 bits per heavy atom. The second kappa shape index (κ2) is 8.74. The molecule has 0 radical (unpaired) electrons. The Labute approximate surface area is 109 Å². The van der Waals surface area contributed by atoms with Gasteiger partial charge in [-0.1, -0.05) is 6.92 Å². The van der Waals surface area contributed by atoms with Crippen molar-refractivity contribution >= 4 is 12.0 Å². The number of carboxylic acid groups (broad SMARTS) is 1. The minimum Gasteiger partial charge on any atom is -0.481 e. The molecule has 0 fully saturated rings. The molecule has 0 aromatic rings. The van der Waals surface area contributed by atoms with Crippen LogP contribution in [0.2, 0.25) is 0 Å². The molecular formula is C12H24N2O4. The zero-order chi connectivity index (χ0) is 14.1. The summed E-state index contributed by atoms with van der Waals surface area (Å²) in [5, 5.41) is 8.61. The molecule has 0 heterocycles. The Hall–Kier alpha value is -1.30. The number of nitrogens with zero attached hydrogens (tertiary/aromatic N) is 2. The molecule has 0 aromatic carbocycles. The lowest BCUT2D eigenvalue weighted by molar-refractivity contribution is -0.137. The maximum Gasteiger partial charge on any atom is 0.320 e. The smallest absolute Gasteiger partial charge is 0.320 e. The van der Waals surface area contributed by atoms with E-state index in [9.17, 15) is 9.59 Å². The highest BCUT2D eigenvalue weighted by atomic mass is 16.5. The number of amides is 2. The first-order valence-corrected chi connectivity index (χ1v) is 6.16. The van der Waals surface area contributed by atoms with Gasteiger partial charge in [0.15, 0.2) is 0 Å². The second-order valence-corrected chi connectivity index (χ2v) is 4.29. The van der Waals surface area contributed by atoms with Crippen molar-refractivity contribution in [3.05, 3.63) is 0 Å². The van der Waals surface area contributed by atoms with E-state index in [4.69, 9.17) is 9.84 Å². The van der Waals surface area contributed by atoms with Crippen LogP contribution in [0.1, 0.15) is 26.7 Å². The van der Waals surface area contributed by atoms with Gasteiger partial charge in [0, 0.05) is 33.3 Å². The van der Waals surface area contributed by atoms with Crippen LogP contribution in [0.3, 0.4) is 0 Å². The SMILES string of the molecule is CCC(C)N(CCOC)C(=O)N(C)CCC(=O)O. The molecule has 0 aliphatic rings. The number of hydrogen-bond donors (Lipinski definition) is 1. The van der Waals surface area contributed by atoms with Gasteiger partial charge in [-0.15, -0.1) is 0 Å². The summed E-state index contributed by atoms with van der Waals surface area (Å²) in [6.45, 7) is 5.19. The van der Waals surface area contributed by atoms with Gasteiger partial charge >= 0.3 is 12.0 Å². The molecule has 1 atom stereocenters. The van der Waals surface area contributed by atoms with E-state index in [2.05, 4.69) is 0 Å². The van der Waals surface area contributed by atoms with Crippen LogP contribution in [0.4, 0.5) is 4.79 Å². The predicted molar refractivity (Wildman–Crippen MR) is 68.6 cm³/mol. The molecule has 6 heteroatoms. The van der Waals surface area contributed by atoms with Gasteiger partial charge in [-0.3, -0.25) is 4.79 Å². The zero-order valence-corrected chi connectivity index (χ0v) is 11.7. The molecule has 0 aliphatic heterocycles. The number of carbonyl (C=O) groups excluding carboxylic acids is 1. The topological polar surface area (TPSA) is 70.1 Å². The summed E-state index contributed by atoms with van der Waals surface area (Å²) in [6.07, 6.45) is 0.809. The van der Waals surface area contributed by atoms with Crippen LogP contribution in [-0.4, -0.2) is 66.8 Å².